The van der Waals surface area contributed by atoms with Gasteiger partial charge in [0.15, 0.2) is 0 Å². The van der Waals surface area contributed by atoms with E-state index in [1.165, 1.54) is 29.1 Å². The van der Waals surface area contributed by atoms with Crippen LogP contribution in [0, 0.1) is 11.8 Å². The molecule has 25 heavy (non-hydrogen) atoms. The van der Waals surface area contributed by atoms with E-state index >= 15 is 0 Å². The molecule has 0 aromatic carbocycles. The number of nitrogens with one attached hydrogen (secondary N) is 1. The number of piperidine rings is 1. The van der Waals surface area contributed by atoms with Crippen molar-refractivity contribution < 1.29 is 9.59 Å². The summed E-state index contributed by atoms with van der Waals surface area (Å²) in [5.74, 6) is 1.09. The van der Waals surface area contributed by atoms with Crippen LogP contribution in [0.2, 0.25) is 0 Å². The number of carbonyl (C=O) groups is 2. The molecule has 1 aromatic heterocycles. The molecule has 1 aliphatic heterocycles. The van der Waals surface area contributed by atoms with Crippen LogP contribution in [0.5, 0.6) is 0 Å². The highest BCUT2D eigenvalue weighted by atomic mass is 32.1. The SMILES string of the molecule is CC1CCN(C(CNC(=O)CN(C)C(=O)c2cccs2)C(C)C)CC1. The summed E-state index contributed by atoms with van der Waals surface area (Å²) >= 11 is 1.40. The van der Waals surface area contributed by atoms with Crippen molar-refractivity contribution in [2.24, 2.45) is 11.8 Å². The molecule has 2 rings (SSSR count). The molecule has 0 spiro atoms. The summed E-state index contributed by atoms with van der Waals surface area (Å²) in [5.41, 5.74) is 0. The first kappa shape index (κ1) is 19.9. The van der Waals surface area contributed by atoms with E-state index in [0.29, 0.717) is 23.4 Å². The molecule has 1 aromatic rings. The second-order valence-corrected chi connectivity index (χ2v) is 8.42. The monoisotopic (exact) mass is 365 g/mol. The maximum absolute atomic E-state index is 12.3. The lowest BCUT2D eigenvalue weighted by atomic mass is 9.94. The van der Waals surface area contributed by atoms with E-state index in [-0.39, 0.29) is 18.4 Å². The Morgan fingerprint density at radius 3 is 2.60 bits per heavy atom. The zero-order chi connectivity index (χ0) is 18.4. The van der Waals surface area contributed by atoms with Gasteiger partial charge in [0.25, 0.3) is 5.91 Å². The molecule has 0 radical (unpaired) electrons. The first-order chi connectivity index (χ1) is 11.9. The Kier molecular flexibility index (Phi) is 7.44. The third-order valence-corrected chi connectivity index (χ3v) is 5.88. The van der Waals surface area contributed by atoms with Gasteiger partial charge >= 0.3 is 0 Å². The summed E-state index contributed by atoms with van der Waals surface area (Å²) in [6, 6.07) is 3.99. The van der Waals surface area contributed by atoms with Gasteiger partial charge in [0, 0.05) is 19.6 Å². The first-order valence-corrected chi connectivity index (χ1v) is 10.1. The molecule has 1 N–H and O–H groups in total. The first-order valence-electron chi connectivity index (χ1n) is 9.18. The van der Waals surface area contributed by atoms with E-state index in [1.807, 2.05) is 11.4 Å². The van der Waals surface area contributed by atoms with Crippen molar-refractivity contribution in [3.63, 3.8) is 0 Å². The van der Waals surface area contributed by atoms with Crippen LogP contribution >= 0.6 is 11.3 Å². The van der Waals surface area contributed by atoms with E-state index in [4.69, 9.17) is 0 Å². The van der Waals surface area contributed by atoms with Crippen LogP contribution < -0.4 is 5.32 Å². The van der Waals surface area contributed by atoms with Gasteiger partial charge in [-0.2, -0.15) is 0 Å². The number of hydrogen-bond donors (Lipinski definition) is 1. The molecule has 0 bridgehead atoms. The smallest absolute Gasteiger partial charge is 0.264 e. The van der Waals surface area contributed by atoms with Crippen LogP contribution in [0.4, 0.5) is 0 Å². The van der Waals surface area contributed by atoms with Gasteiger partial charge in [-0.1, -0.05) is 26.8 Å². The molecule has 140 valence electrons. The average Bonchev–Trinajstić information content (AvgIpc) is 3.10. The lowest BCUT2D eigenvalue weighted by Gasteiger charge is -2.39. The molecule has 6 heteroatoms. The van der Waals surface area contributed by atoms with Crippen molar-refractivity contribution in [3.8, 4) is 0 Å². The number of rotatable bonds is 7. The maximum Gasteiger partial charge on any atom is 0.264 e. The molecule has 1 atom stereocenters. The predicted octanol–water partition coefficient (Wildman–Crippen LogP) is 2.69. The quantitative estimate of drug-likeness (QED) is 0.808. The summed E-state index contributed by atoms with van der Waals surface area (Å²) in [5, 5.41) is 4.90. The number of nitrogens with zero attached hydrogens (tertiary/aromatic N) is 2. The number of amides is 2. The van der Waals surface area contributed by atoms with Gasteiger partial charge in [0.05, 0.1) is 11.4 Å². The van der Waals surface area contributed by atoms with Gasteiger partial charge in [0.2, 0.25) is 5.91 Å². The Morgan fingerprint density at radius 1 is 1.36 bits per heavy atom. The lowest BCUT2D eigenvalue weighted by Crippen LogP contribution is -2.50. The van der Waals surface area contributed by atoms with Crippen LogP contribution in [0.25, 0.3) is 0 Å². The molecule has 1 saturated heterocycles. The van der Waals surface area contributed by atoms with Gasteiger partial charge in [-0.25, -0.2) is 0 Å². The summed E-state index contributed by atoms with van der Waals surface area (Å²) in [4.78, 5) is 29.1. The number of likely N-dealkylation sites (tertiary alicyclic amines) is 1. The van der Waals surface area contributed by atoms with Crippen LogP contribution in [-0.2, 0) is 4.79 Å². The zero-order valence-corrected chi connectivity index (χ0v) is 16.6. The molecule has 1 aliphatic rings. The fraction of sp³-hybridized carbons (Fsp3) is 0.684. The lowest BCUT2D eigenvalue weighted by molar-refractivity contribution is -0.121. The highest BCUT2D eigenvalue weighted by molar-refractivity contribution is 7.12. The molecule has 5 nitrogen and oxygen atoms in total. The molecule has 2 heterocycles. The number of likely N-dealkylation sites (N-methyl/N-ethyl adjacent to an activating group) is 1. The van der Waals surface area contributed by atoms with Crippen molar-refractivity contribution in [2.75, 3.05) is 33.2 Å². The van der Waals surface area contributed by atoms with Gasteiger partial charge < -0.3 is 10.2 Å². The van der Waals surface area contributed by atoms with Crippen LogP contribution in [0.1, 0.15) is 43.3 Å². The van der Waals surface area contributed by atoms with Crippen LogP contribution in [0.15, 0.2) is 17.5 Å². The van der Waals surface area contributed by atoms with E-state index in [1.54, 1.807) is 13.1 Å². The minimum Gasteiger partial charge on any atom is -0.353 e. The van der Waals surface area contributed by atoms with Gasteiger partial charge in [0.1, 0.15) is 0 Å². The molecule has 0 aliphatic carbocycles. The largest absolute Gasteiger partial charge is 0.353 e. The van der Waals surface area contributed by atoms with Crippen molar-refractivity contribution in [3.05, 3.63) is 22.4 Å². The minimum atomic E-state index is -0.101. The molecular weight excluding hydrogens is 334 g/mol. The minimum absolute atomic E-state index is 0.0940. The molecule has 1 fully saturated rings. The van der Waals surface area contributed by atoms with E-state index in [0.717, 1.165) is 19.0 Å². The van der Waals surface area contributed by atoms with E-state index in [9.17, 15) is 9.59 Å². The molecule has 1 unspecified atom stereocenters. The van der Waals surface area contributed by atoms with Crippen molar-refractivity contribution in [1.82, 2.24) is 15.1 Å². The van der Waals surface area contributed by atoms with Crippen LogP contribution in [0.3, 0.4) is 0 Å². The highest BCUT2D eigenvalue weighted by Crippen LogP contribution is 2.21. The highest BCUT2D eigenvalue weighted by Gasteiger charge is 2.26. The van der Waals surface area contributed by atoms with Gasteiger partial charge in [-0.3, -0.25) is 14.5 Å². The number of carbonyl (C=O) groups excluding carboxylic acids is 2. The van der Waals surface area contributed by atoms with Crippen molar-refractivity contribution >= 4 is 23.2 Å². The third kappa shape index (κ3) is 5.82. The Hall–Kier alpha value is -1.40. The fourth-order valence-corrected chi connectivity index (χ4v) is 4.01. The summed E-state index contributed by atoms with van der Waals surface area (Å²) in [7, 11) is 1.67. The number of thiophene rings is 1. The number of hydrogen-bond acceptors (Lipinski definition) is 4. The van der Waals surface area contributed by atoms with Crippen molar-refractivity contribution in [1.29, 1.82) is 0 Å². The van der Waals surface area contributed by atoms with E-state index < -0.39 is 0 Å². The topological polar surface area (TPSA) is 52.7 Å². The Labute approximate surface area is 155 Å². The Bertz CT molecular complexity index is 551. The van der Waals surface area contributed by atoms with Crippen LogP contribution in [-0.4, -0.2) is 60.9 Å². The maximum atomic E-state index is 12.3. The average molecular weight is 366 g/mol. The summed E-state index contributed by atoms with van der Waals surface area (Å²) in [6.45, 7) is 9.68. The second-order valence-electron chi connectivity index (χ2n) is 7.47. The molecule has 2 amide bonds. The summed E-state index contributed by atoms with van der Waals surface area (Å²) in [6.07, 6.45) is 2.46. The van der Waals surface area contributed by atoms with Crippen molar-refractivity contribution in [2.45, 2.75) is 39.7 Å². The predicted molar refractivity (Wildman–Crippen MR) is 103 cm³/mol. The second kappa shape index (κ2) is 9.34. The Morgan fingerprint density at radius 2 is 2.04 bits per heavy atom. The standard InChI is InChI=1S/C19H31N3O2S/c1-14(2)16(22-9-7-15(3)8-10-22)12-20-18(23)13-21(4)19(24)17-6-5-11-25-17/h5-6,11,14-16H,7-10,12-13H2,1-4H3,(H,20,23). The molecular formula is C19H31N3O2S. The molecule has 0 saturated carbocycles. The Balaban J connectivity index is 1.81. The van der Waals surface area contributed by atoms with Gasteiger partial charge in [-0.05, 0) is 49.2 Å². The summed E-state index contributed by atoms with van der Waals surface area (Å²) < 4.78 is 0. The normalized spacial score (nSPS) is 17.5. The third-order valence-electron chi connectivity index (χ3n) is 5.02. The zero-order valence-electron chi connectivity index (χ0n) is 15.8. The van der Waals surface area contributed by atoms with E-state index in [2.05, 4.69) is 31.0 Å². The fourth-order valence-electron chi connectivity index (χ4n) is 3.30. The van der Waals surface area contributed by atoms with Gasteiger partial charge in [-0.15, -0.1) is 11.3 Å².